The van der Waals surface area contributed by atoms with Crippen molar-refractivity contribution >= 4 is 34.5 Å². The molecule has 0 bridgehead atoms. The second kappa shape index (κ2) is 9.51. The first kappa shape index (κ1) is 20.8. The van der Waals surface area contributed by atoms with Crippen LogP contribution in [0.3, 0.4) is 0 Å². The van der Waals surface area contributed by atoms with Gasteiger partial charge in [0.1, 0.15) is 12.1 Å². The summed E-state index contributed by atoms with van der Waals surface area (Å²) in [7, 11) is 0. The second-order valence-electron chi connectivity index (χ2n) is 6.82. The highest BCUT2D eigenvalue weighted by Crippen LogP contribution is 2.16. The highest BCUT2D eigenvalue weighted by molar-refractivity contribution is 5.96. The van der Waals surface area contributed by atoms with E-state index in [4.69, 9.17) is 0 Å². The number of fused-ring (bicyclic) bond motifs is 1. The van der Waals surface area contributed by atoms with E-state index in [1.54, 1.807) is 54.7 Å². The zero-order valence-corrected chi connectivity index (χ0v) is 16.3. The van der Waals surface area contributed by atoms with Crippen molar-refractivity contribution < 1.29 is 19.5 Å². The molecule has 30 heavy (non-hydrogen) atoms. The lowest BCUT2D eigenvalue weighted by Crippen LogP contribution is -2.51. The Hall–Kier alpha value is -3.94. The predicted molar refractivity (Wildman–Crippen MR) is 113 cm³/mol. The lowest BCUT2D eigenvalue weighted by Gasteiger charge is -2.19. The fourth-order valence-electron chi connectivity index (χ4n) is 2.93. The molecular formula is C22H22N4O4. The van der Waals surface area contributed by atoms with Crippen LogP contribution in [0, 0.1) is 0 Å². The van der Waals surface area contributed by atoms with Crippen molar-refractivity contribution in [2.45, 2.75) is 25.4 Å². The van der Waals surface area contributed by atoms with E-state index in [9.17, 15) is 19.5 Å². The summed E-state index contributed by atoms with van der Waals surface area (Å²) in [5, 5.41) is 17.9. The van der Waals surface area contributed by atoms with E-state index in [1.807, 2.05) is 12.1 Å². The first-order valence-electron chi connectivity index (χ1n) is 9.42. The Kier molecular flexibility index (Phi) is 6.59. The molecule has 1 heterocycles. The summed E-state index contributed by atoms with van der Waals surface area (Å²) in [4.78, 5) is 40.4. The molecule has 0 aliphatic rings. The summed E-state index contributed by atoms with van der Waals surface area (Å²) in [6.45, 7) is 1.49. The van der Waals surface area contributed by atoms with Crippen molar-refractivity contribution in [2.75, 3.05) is 5.32 Å². The maximum Gasteiger partial charge on any atom is 0.326 e. The minimum absolute atomic E-state index is 0.145. The Balaban J connectivity index is 1.56. The summed E-state index contributed by atoms with van der Waals surface area (Å²) in [6, 6.07) is 15.3. The fourth-order valence-corrected chi connectivity index (χ4v) is 2.93. The molecule has 0 aliphatic carbocycles. The highest BCUT2D eigenvalue weighted by Gasteiger charge is 2.24. The second-order valence-corrected chi connectivity index (χ2v) is 6.82. The van der Waals surface area contributed by atoms with Gasteiger partial charge in [-0.25, -0.2) is 9.59 Å². The number of carboxylic acid groups (broad SMARTS) is 1. The van der Waals surface area contributed by atoms with Crippen molar-refractivity contribution in [1.82, 2.24) is 15.6 Å². The van der Waals surface area contributed by atoms with E-state index < -0.39 is 30.0 Å². The van der Waals surface area contributed by atoms with Crippen LogP contribution in [0.15, 0.2) is 66.9 Å². The van der Waals surface area contributed by atoms with Gasteiger partial charge in [0.2, 0.25) is 5.91 Å². The molecule has 2 aromatic carbocycles. The van der Waals surface area contributed by atoms with Crippen LogP contribution in [0.1, 0.15) is 12.5 Å². The number of hydrogen-bond donors (Lipinski definition) is 4. The third kappa shape index (κ3) is 5.54. The normalized spacial score (nSPS) is 12.6. The van der Waals surface area contributed by atoms with Crippen LogP contribution >= 0.6 is 0 Å². The van der Waals surface area contributed by atoms with Gasteiger partial charge >= 0.3 is 12.0 Å². The van der Waals surface area contributed by atoms with Gasteiger partial charge in [-0.1, -0.05) is 36.4 Å². The average molecular weight is 406 g/mol. The number of nitrogens with one attached hydrogen (secondary N) is 3. The van der Waals surface area contributed by atoms with Crippen molar-refractivity contribution in [1.29, 1.82) is 0 Å². The van der Waals surface area contributed by atoms with Crippen LogP contribution in [0.25, 0.3) is 10.9 Å². The molecule has 4 N–H and O–H groups in total. The van der Waals surface area contributed by atoms with Gasteiger partial charge in [0, 0.05) is 23.7 Å². The molecule has 1 aromatic heterocycles. The van der Waals surface area contributed by atoms with Gasteiger partial charge in [-0.15, -0.1) is 0 Å². The Bertz CT molecular complexity index is 1060. The maximum atomic E-state index is 12.4. The number of nitrogens with zero attached hydrogens (tertiary/aromatic N) is 1. The summed E-state index contributed by atoms with van der Waals surface area (Å²) in [5.74, 6) is -1.73. The van der Waals surface area contributed by atoms with E-state index in [0.29, 0.717) is 5.69 Å². The molecule has 8 nitrogen and oxygen atoms in total. The van der Waals surface area contributed by atoms with E-state index in [1.165, 1.54) is 6.92 Å². The van der Waals surface area contributed by atoms with Crippen molar-refractivity contribution in [2.24, 2.45) is 0 Å². The Morgan fingerprint density at radius 1 is 1.00 bits per heavy atom. The van der Waals surface area contributed by atoms with Crippen LogP contribution in [0.5, 0.6) is 0 Å². The topological polar surface area (TPSA) is 120 Å². The maximum absolute atomic E-state index is 12.4. The van der Waals surface area contributed by atoms with Gasteiger partial charge in [-0.3, -0.25) is 9.78 Å². The molecule has 0 aliphatic heterocycles. The number of rotatable bonds is 7. The number of carboxylic acids is 1. The number of urea groups is 1. The fraction of sp³-hybridized carbons (Fsp3) is 0.182. The average Bonchev–Trinajstić information content (AvgIpc) is 2.73. The van der Waals surface area contributed by atoms with Gasteiger partial charge in [-0.05, 0) is 36.8 Å². The molecule has 154 valence electrons. The third-order valence-corrected chi connectivity index (χ3v) is 4.50. The zero-order chi connectivity index (χ0) is 21.5. The number of amides is 3. The molecule has 0 radical (unpaired) electrons. The molecule has 0 unspecified atom stereocenters. The molecule has 0 spiro atoms. The van der Waals surface area contributed by atoms with Crippen molar-refractivity contribution in [3.63, 3.8) is 0 Å². The Labute approximate surface area is 173 Å². The Morgan fingerprint density at radius 2 is 1.77 bits per heavy atom. The van der Waals surface area contributed by atoms with Gasteiger partial charge < -0.3 is 21.1 Å². The molecule has 3 amide bonds. The highest BCUT2D eigenvalue weighted by atomic mass is 16.4. The molecular weight excluding hydrogens is 384 g/mol. The van der Waals surface area contributed by atoms with E-state index in [2.05, 4.69) is 20.9 Å². The van der Waals surface area contributed by atoms with E-state index in [-0.39, 0.29) is 6.42 Å². The van der Waals surface area contributed by atoms with Crippen LogP contribution in [0.4, 0.5) is 10.5 Å². The number of carbonyl (C=O) groups excluding carboxylic acids is 2. The minimum atomic E-state index is -1.14. The Morgan fingerprint density at radius 3 is 2.50 bits per heavy atom. The van der Waals surface area contributed by atoms with Crippen LogP contribution < -0.4 is 16.0 Å². The molecule has 2 atom stereocenters. The van der Waals surface area contributed by atoms with E-state index in [0.717, 1.165) is 16.5 Å². The van der Waals surface area contributed by atoms with Gasteiger partial charge in [0.15, 0.2) is 0 Å². The first-order valence-corrected chi connectivity index (χ1v) is 9.42. The molecule has 3 rings (SSSR count). The molecule has 0 fully saturated rings. The van der Waals surface area contributed by atoms with Crippen LogP contribution in [-0.2, 0) is 16.0 Å². The number of benzene rings is 2. The molecule has 0 saturated heterocycles. The molecule has 3 aromatic rings. The number of hydrogen-bond acceptors (Lipinski definition) is 4. The number of aromatic nitrogens is 1. The summed E-state index contributed by atoms with van der Waals surface area (Å²) < 4.78 is 0. The summed E-state index contributed by atoms with van der Waals surface area (Å²) >= 11 is 0. The first-order chi connectivity index (χ1) is 14.4. The summed E-state index contributed by atoms with van der Waals surface area (Å²) in [6.07, 6.45) is 1.83. The number of pyridine rings is 1. The zero-order valence-electron chi connectivity index (χ0n) is 16.3. The van der Waals surface area contributed by atoms with Crippen LogP contribution in [-0.4, -0.2) is 40.1 Å². The quantitative estimate of drug-likeness (QED) is 0.481. The standard InChI is InChI=1S/C22H22N4O4/c1-14(20(27)26-19(21(28)29)12-15-6-3-2-4-7-15)24-22(30)25-17-9-10-18-16(13-17)8-5-11-23-18/h2-11,13-14,19H,12H2,1H3,(H,26,27)(H,28,29)(H2,24,25,30)/t14-,19-/m0/s1. The van der Waals surface area contributed by atoms with Gasteiger partial charge in [-0.2, -0.15) is 0 Å². The SMILES string of the molecule is C[C@H](NC(=O)Nc1ccc2ncccc2c1)C(=O)N[C@@H](Cc1ccccc1)C(=O)O. The van der Waals surface area contributed by atoms with Gasteiger partial charge in [0.05, 0.1) is 5.52 Å². The van der Waals surface area contributed by atoms with Crippen molar-refractivity contribution in [3.8, 4) is 0 Å². The predicted octanol–water partition coefficient (Wildman–Crippen LogP) is 2.56. The third-order valence-electron chi connectivity index (χ3n) is 4.50. The number of aliphatic carboxylic acids is 1. The lowest BCUT2D eigenvalue weighted by atomic mass is 10.1. The van der Waals surface area contributed by atoms with Crippen molar-refractivity contribution in [3.05, 3.63) is 72.4 Å². The van der Waals surface area contributed by atoms with Gasteiger partial charge in [0.25, 0.3) is 0 Å². The molecule has 0 saturated carbocycles. The number of carbonyl (C=O) groups is 3. The number of anilines is 1. The largest absolute Gasteiger partial charge is 0.480 e. The molecule has 8 heteroatoms. The van der Waals surface area contributed by atoms with E-state index >= 15 is 0 Å². The summed E-state index contributed by atoms with van der Waals surface area (Å²) in [5.41, 5.74) is 2.14. The minimum Gasteiger partial charge on any atom is -0.480 e. The monoisotopic (exact) mass is 406 g/mol. The lowest BCUT2D eigenvalue weighted by molar-refractivity contribution is -0.142. The smallest absolute Gasteiger partial charge is 0.326 e. The van der Waals surface area contributed by atoms with Crippen LogP contribution in [0.2, 0.25) is 0 Å².